The van der Waals surface area contributed by atoms with Gasteiger partial charge in [0.2, 0.25) is 0 Å². The lowest BCUT2D eigenvalue weighted by atomic mass is 10.1. The van der Waals surface area contributed by atoms with Gasteiger partial charge >= 0.3 is 5.97 Å². The highest BCUT2D eigenvalue weighted by Crippen LogP contribution is 2.05. The highest BCUT2D eigenvalue weighted by atomic mass is 35.5. The first-order chi connectivity index (χ1) is 6.63. The molecular formula is C11H12ClNO2. The summed E-state index contributed by atoms with van der Waals surface area (Å²) in [4.78, 5) is 10.5. The number of carbonyl (C=O) groups is 1. The molecule has 1 rings (SSSR count). The molecule has 3 N–H and O–H groups in total. The molecule has 15 heavy (non-hydrogen) atoms. The maximum atomic E-state index is 10.5. The zero-order chi connectivity index (χ0) is 10.6. The van der Waals surface area contributed by atoms with Gasteiger partial charge in [0.05, 0.1) is 0 Å². The van der Waals surface area contributed by atoms with E-state index in [0.29, 0.717) is 6.42 Å². The lowest BCUT2D eigenvalue weighted by molar-refractivity contribution is -0.138. The van der Waals surface area contributed by atoms with Crippen molar-refractivity contribution in [2.45, 2.75) is 12.5 Å². The summed E-state index contributed by atoms with van der Waals surface area (Å²) >= 11 is 0. The number of benzene rings is 1. The summed E-state index contributed by atoms with van der Waals surface area (Å²) in [5.74, 6) is 1.49. The van der Waals surface area contributed by atoms with E-state index in [0.717, 1.165) is 11.1 Å². The van der Waals surface area contributed by atoms with E-state index in [-0.39, 0.29) is 12.4 Å². The van der Waals surface area contributed by atoms with Gasteiger partial charge in [0, 0.05) is 5.56 Å². The van der Waals surface area contributed by atoms with Crippen molar-refractivity contribution >= 4 is 18.4 Å². The molecule has 3 nitrogen and oxygen atoms in total. The van der Waals surface area contributed by atoms with Gasteiger partial charge in [0.25, 0.3) is 0 Å². The first kappa shape index (κ1) is 13.5. The fraction of sp³-hybridized carbons (Fsp3) is 0.182. The van der Waals surface area contributed by atoms with Gasteiger partial charge in [-0.2, -0.15) is 0 Å². The van der Waals surface area contributed by atoms with Crippen LogP contribution in [0.15, 0.2) is 24.3 Å². The van der Waals surface area contributed by atoms with E-state index in [1.165, 1.54) is 0 Å². The van der Waals surface area contributed by atoms with Crippen molar-refractivity contribution in [3.8, 4) is 12.3 Å². The van der Waals surface area contributed by atoms with E-state index in [1.54, 1.807) is 24.3 Å². The van der Waals surface area contributed by atoms with Gasteiger partial charge in [-0.1, -0.05) is 18.1 Å². The normalized spacial score (nSPS) is 10.9. The summed E-state index contributed by atoms with van der Waals surface area (Å²) in [6, 6.07) is 6.26. The average Bonchev–Trinajstić information content (AvgIpc) is 2.19. The Balaban J connectivity index is 0.00000196. The molecule has 0 radical (unpaired) electrons. The lowest BCUT2D eigenvalue weighted by Gasteiger charge is -2.05. The third-order valence-corrected chi connectivity index (χ3v) is 1.89. The van der Waals surface area contributed by atoms with Crippen molar-refractivity contribution in [1.29, 1.82) is 0 Å². The van der Waals surface area contributed by atoms with Crippen LogP contribution in [0.3, 0.4) is 0 Å². The molecule has 0 bridgehead atoms. The highest BCUT2D eigenvalue weighted by molar-refractivity contribution is 5.85. The third kappa shape index (κ3) is 4.03. The van der Waals surface area contributed by atoms with E-state index >= 15 is 0 Å². The zero-order valence-electron chi connectivity index (χ0n) is 8.01. The number of rotatable bonds is 3. The minimum absolute atomic E-state index is 0. The summed E-state index contributed by atoms with van der Waals surface area (Å²) in [6.45, 7) is 0. The Morgan fingerprint density at radius 3 is 2.40 bits per heavy atom. The van der Waals surface area contributed by atoms with Crippen LogP contribution in [0.5, 0.6) is 0 Å². The predicted octanol–water partition coefficient (Wildman–Crippen LogP) is 1.04. The van der Waals surface area contributed by atoms with Gasteiger partial charge in [0.15, 0.2) is 0 Å². The smallest absolute Gasteiger partial charge is 0.320 e. The molecule has 1 aromatic rings. The molecule has 0 aromatic heterocycles. The van der Waals surface area contributed by atoms with Crippen LogP contribution in [0, 0.1) is 12.3 Å². The van der Waals surface area contributed by atoms with Crippen LogP contribution in [-0.4, -0.2) is 17.1 Å². The summed E-state index contributed by atoms with van der Waals surface area (Å²) in [6.07, 6.45) is 5.50. The molecule has 4 heteroatoms. The minimum Gasteiger partial charge on any atom is -0.480 e. The monoisotopic (exact) mass is 225 g/mol. The van der Waals surface area contributed by atoms with Crippen molar-refractivity contribution in [2.24, 2.45) is 5.73 Å². The molecule has 0 aliphatic rings. The van der Waals surface area contributed by atoms with E-state index in [2.05, 4.69) is 5.92 Å². The van der Waals surface area contributed by atoms with Crippen LogP contribution in [0.1, 0.15) is 11.1 Å². The fourth-order valence-corrected chi connectivity index (χ4v) is 1.08. The Labute approximate surface area is 94.7 Å². The van der Waals surface area contributed by atoms with E-state index in [9.17, 15) is 4.79 Å². The number of nitrogens with two attached hydrogens (primary N) is 1. The number of halogens is 1. The Hall–Kier alpha value is -1.50. The van der Waals surface area contributed by atoms with Crippen LogP contribution >= 0.6 is 12.4 Å². The molecule has 0 unspecified atom stereocenters. The Kier molecular flexibility index (Phi) is 5.46. The summed E-state index contributed by atoms with van der Waals surface area (Å²) in [5, 5.41) is 8.59. The van der Waals surface area contributed by atoms with Crippen molar-refractivity contribution in [2.75, 3.05) is 0 Å². The Bertz CT molecular complexity index is 367. The minimum atomic E-state index is -0.994. The summed E-state index contributed by atoms with van der Waals surface area (Å²) in [7, 11) is 0. The second kappa shape index (κ2) is 6.07. The maximum absolute atomic E-state index is 10.5. The highest BCUT2D eigenvalue weighted by Gasteiger charge is 2.11. The van der Waals surface area contributed by atoms with Gasteiger partial charge in [0.1, 0.15) is 6.04 Å². The lowest BCUT2D eigenvalue weighted by Crippen LogP contribution is -2.32. The van der Waals surface area contributed by atoms with Crippen LogP contribution in [0.4, 0.5) is 0 Å². The SMILES string of the molecule is C#Cc1ccc(C[C@@H](N)C(=O)O)cc1.Cl. The van der Waals surface area contributed by atoms with Crippen molar-refractivity contribution < 1.29 is 9.90 Å². The van der Waals surface area contributed by atoms with Crippen LogP contribution in [0.2, 0.25) is 0 Å². The summed E-state index contributed by atoms with van der Waals surface area (Å²) in [5.41, 5.74) is 7.03. The Morgan fingerprint density at radius 2 is 2.00 bits per heavy atom. The second-order valence-electron chi connectivity index (χ2n) is 2.99. The van der Waals surface area contributed by atoms with Crippen molar-refractivity contribution in [3.05, 3.63) is 35.4 Å². The third-order valence-electron chi connectivity index (χ3n) is 1.89. The summed E-state index contributed by atoms with van der Waals surface area (Å²) < 4.78 is 0. The van der Waals surface area contributed by atoms with Gasteiger partial charge < -0.3 is 10.8 Å². The zero-order valence-corrected chi connectivity index (χ0v) is 8.83. The first-order valence-corrected chi connectivity index (χ1v) is 4.17. The van der Waals surface area contributed by atoms with Gasteiger partial charge in [-0.25, -0.2) is 0 Å². The standard InChI is InChI=1S/C11H11NO2.ClH/c1-2-8-3-5-9(6-4-8)7-10(12)11(13)14;/h1,3-6,10H,7,12H2,(H,13,14);1H/t10-;/m1./s1. The molecule has 0 saturated carbocycles. The molecular weight excluding hydrogens is 214 g/mol. The predicted molar refractivity (Wildman–Crippen MR) is 60.9 cm³/mol. The largest absolute Gasteiger partial charge is 0.480 e. The number of hydrogen-bond acceptors (Lipinski definition) is 2. The average molecular weight is 226 g/mol. The van der Waals surface area contributed by atoms with E-state index in [1.807, 2.05) is 0 Å². The molecule has 0 fully saturated rings. The first-order valence-electron chi connectivity index (χ1n) is 4.17. The fourth-order valence-electron chi connectivity index (χ4n) is 1.08. The number of carboxylic acid groups (broad SMARTS) is 1. The molecule has 0 heterocycles. The molecule has 0 aliphatic heterocycles. The van der Waals surface area contributed by atoms with E-state index < -0.39 is 12.0 Å². The van der Waals surface area contributed by atoms with Crippen molar-refractivity contribution in [3.63, 3.8) is 0 Å². The maximum Gasteiger partial charge on any atom is 0.320 e. The van der Waals surface area contributed by atoms with Gasteiger partial charge in [-0.05, 0) is 24.1 Å². The topological polar surface area (TPSA) is 63.3 Å². The number of carboxylic acids is 1. The Morgan fingerprint density at radius 1 is 1.47 bits per heavy atom. The number of terminal acetylenes is 1. The molecule has 80 valence electrons. The van der Waals surface area contributed by atoms with Crippen LogP contribution < -0.4 is 5.73 Å². The van der Waals surface area contributed by atoms with E-state index in [4.69, 9.17) is 17.3 Å². The molecule has 0 aliphatic carbocycles. The van der Waals surface area contributed by atoms with Crippen molar-refractivity contribution in [1.82, 2.24) is 0 Å². The molecule has 0 saturated heterocycles. The second-order valence-corrected chi connectivity index (χ2v) is 2.99. The van der Waals surface area contributed by atoms with Gasteiger partial charge in [-0.3, -0.25) is 4.79 Å². The molecule has 1 aromatic carbocycles. The van der Waals surface area contributed by atoms with Gasteiger partial charge in [-0.15, -0.1) is 18.8 Å². The molecule has 0 amide bonds. The molecule has 1 atom stereocenters. The van der Waals surface area contributed by atoms with Crippen LogP contribution in [0.25, 0.3) is 0 Å². The number of hydrogen-bond donors (Lipinski definition) is 2. The molecule has 0 spiro atoms. The van der Waals surface area contributed by atoms with Crippen LogP contribution in [-0.2, 0) is 11.2 Å². The number of aliphatic carboxylic acids is 1. The quantitative estimate of drug-likeness (QED) is 0.756.